The van der Waals surface area contributed by atoms with Gasteiger partial charge in [-0.2, -0.15) is 10.5 Å². The Bertz CT molecular complexity index is 257. The zero-order chi connectivity index (χ0) is 10.5. The quantitative estimate of drug-likeness (QED) is 0.643. The maximum atomic E-state index is 7.32. The van der Waals surface area contributed by atoms with Crippen LogP contribution in [0.4, 0.5) is 0 Å². The first-order valence-electron chi connectivity index (χ1n) is 3.56. The van der Waals surface area contributed by atoms with Gasteiger partial charge in [0.15, 0.2) is 0 Å². The van der Waals surface area contributed by atoms with Gasteiger partial charge in [-0.15, -0.1) is 0 Å². The molecule has 1 aromatic rings. The van der Waals surface area contributed by atoms with Crippen LogP contribution in [-0.4, -0.2) is 16.0 Å². The Hall–Kier alpha value is -1.28. The Labute approximate surface area is 87.6 Å². The fourth-order valence-electron chi connectivity index (χ4n) is 0.420. The van der Waals surface area contributed by atoms with Gasteiger partial charge in [0.25, 0.3) is 0 Å². The first-order chi connectivity index (χ1) is 6.22. The summed E-state index contributed by atoms with van der Waals surface area (Å²) in [5.41, 5.74) is 0. The van der Waals surface area contributed by atoms with Gasteiger partial charge in [-0.1, -0.05) is 0 Å². The Morgan fingerprint density at radius 2 is 1.31 bits per heavy atom. The van der Waals surface area contributed by atoms with Crippen molar-refractivity contribution in [3.8, 4) is 12.1 Å². The van der Waals surface area contributed by atoms with Crippen LogP contribution >= 0.6 is 0 Å². The number of hydrogen-bond donors (Lipinski definition) is 0. The van der Waals surface area contributed by atoms with Gasteiger partial charge in [0.1, 0.15) is 0 Å². The second-order valence-corrected chi connectivity index (χ2v) is 2.75. The van der Waals surface area contributed by atoms with Crippen LogP contribution < -0.4 is 4.46 Å². The second kappa shape index (κ2) is 13.3. The van der Waals surface area contributed by atoms with E-state index in [-0.39, 0.29) is 0 Å². The fraction of sp³-hybridized carbons (Fsp3) is 0.200. The summed E-state index contributed by atoms with van der Waals surface area (Å²) >= 11 is 2.90. The van der Waals surface area contributed by atoms with Crippen molar-refractivity contribution in [2.75, 3.05) is 0 Å². The normalized spacial score (nSPS) is 5.85. The Kier molecular flexibility index (Phi) is 14.6. The number of hydrogen-bond acceptors (Lipinski definition) is 2. The summed E-state index contributed by atoms with van der Waals surface area (Å²) in [6.45, 7) is 2.86. The van der Waals surface area contributed by atoms with E-state index in [0.29, 0.717) is 0 Å². The molecule has 0 heterocycles. The predicted molar refractivity (Wildman–Crippen MR) is 54.4 cm³/mol. The SMILES string of the molecule is CC#N.CC#N.[Se-]c1ccccc1. The molecule has 0 saturated carbocycles. The molecular weight excluding hydrogens is 227 g/mol. The Morgan fingerprint density at radius 1 is 1.00 bits per heavy atom. The molecule has 0 N–H and O–H groups in total. The van der Waals surface area contributed by atoms with Gasteiger partial charge in [-0.05, 0) is 0 Å². The van der Waals surface area contributed by atoms with Gasteiger partial charge in [-0.3, -0.25) is 0 Å². The molecular formula is C10H11N2Se-. The molecule has 0 amide bonds. The monoisotopic (exact) mass is 239 g/mol. The molecule has 0 aromatic heterocycles. The summed E-state index contributed by atoms with van der Waals surface area (Å²) in [7, 11) is 0. The Morgan fingerprint density at radius 3 is 1.46 bits per heavy atom. The molecule has 0 fully saturated rings. The van der Waals surface area contributed by atoms with Crippen molar-refractivity contribution in [3.05, 3.63) is 30.3 Å². The maximum absolute atomic E-state index is 7.32. The van der Waals surface area contributed by atoms with Crippen molar-refractivity contribution in [1.82, 2.24) is 0 Å². The van der Waals surface area contributed by atoms with Crippen LogP contribution in [0.3, 0.4) is 0 Å². The first kappa shape index (κ1) is 14.3. The van der Waals surface area contributed by atoms with E-state index in [9.17, 15) is 0 Å². The van der Waals surface area contributed by atoms with Gasteiger partial charge in [0.05, 0.1) is 12.1 Å². The number of nitriles is 2. The van der Waals surface area contributed by atoms with Gasteiger partial charge >= 0.3 is 50.8 Å². The van der Waals surface area contributed by atoms with Gasteiger partial charge < -0.3 is 0 Å². The van der Waals surface area contributed by atoms with Gasteiger partial charge in [0.2, 0.25) is 0 Å². The van der Waals surface area contributed by atoms with Crippen molar-refractivity contribution >= 4 is 20.5 Å². The molecule has 2 nitrogen and oxygen atoms in total. The standard InChI is InChI=1S/C6H6Se.2C2H3N/c7-6-4-2-1-3-5-6;2*1-2-3/h1-5,7H;2*1H3/p-1. The molecule has 0 unspecified atom stereocenters. The zero-order valence-electron chi connectivity index (χ0n) is 7.69. The Balaban J connectivity index is 0. The minimum absolute atomic E-state index is 1.20. The average molecular weight is 238 g/mol. The molecule has 0 aliphatic carbocycles. The van der Waals surface area contributed by atoms with Crippen LogP contribution in [0.5, 0.6) is 0 Å². The molecule has 0 radical (unpaired) electrons. The first-order valence-corrected chi connectivity index (χ1v) is 4.42. The van der Waals surface area contributed by atoms with E-state index < -0.39 is 0 Å². The second-order valence-electron chi connectivity index (χ2n) is 1.76. The summed E-state index contributed by atoms with van der Waals surface area (Å²) in [5, 5.41) is 14.6. The molecule has 0 aliphatic heterocycles. The van der Waals surface area contributed by atoms with E-state index >= 15 is 0 Å². The van der Waals surface area contributed by atoms with Gasteiger partial charge in [-0.25, -0.2) is 0 Å². The predicted octanol–water partition coefficient (Wildman–Crippen LogP) is 1.54. The number of rotatable bonds is 0. The average Bonchev–Trinajstić information content (AvgIpc) is 2.08. The summed E-state index contributed by atoms with van der Waals surface area (Å²) in [4.78, 5) is 0. The third kappa shape index (κ3) is 18.1. The number of nitrogens with zero attached hydrogens (tertiary/aromatic N) is 2. The van der Waals surface area contributed by atoms with E-state index in [1.807, 2.05) is 30.3 Å². The molecule has 0 aliphatic rings. The molecule has 1 aromatic carbocycles. The van der Waals surface area contributed by atoms with Crippen molar-refractivity contribution in [2.45, 2.75) is 13.8 Å². The minimum atomic E-state index is 1.20. The van der Waals surface area contributed by atoms with E-state index in [4.69, 9.17) is 10.5 Å². The van der Waals surface area contributed by atoms with Crippen LogP contribution in [0.25, 0.3) is 0 Å². The fourth-order valence-corrected chi connectivity index (χ4v) is 0.750. The number of benzene rings is 1. The molecule has 13 heavy (non-hydrogen) atoms. The summed E-state index contributed by atoms with van der Waals surface area (Å²) in [6, 6.07) is 13.6. The van der Waals surface area contributed by atoms with Crippen LogP contribution in [0.15, 0.2) is 30.3 Å². The third-order valence-electron chi connectivity index (χ3n) is 0.743. The van der Waals surface area contributed by atoms with Crippen molar-refractivity contribution in [2.24, 2.45) is 0 Å². The summed E-state index contributed by atoms with van der Waals surface area (Å²) in [6.07, 6.45) is 0. The summed E-state index contributed by atoms with van der Waals surface area (Å²) in [5.74, 6) is 0. The van der Waals surface area contributed by atoms with E-state index in [0.717, 1.165) is 0 Å². The topological polar surface area (TPSA) is 47.6 Å². The zero-order valence-corrected chi connectivity index (χ0v) is 9.40. The molecule has 0 bridgehead atoms. The van der Waals surface area contributed by atoms with E-state index in [1.165, 1.54) is 18.3 Å². The molecule has 0 atom stereocenters. The molecule has 1 rings (SSSR count). The molecule has 0 saturated heterocycles. The van der Waals surface area contributed by atoms with Crippen molar-refractivity contribution in [3.63, 3.8) is 0 Å². The molecule has 3 heteroatoms. The van der Waals surface area contributed by atoms with Crippen LogP contribution in [0.2, 0.25) is 0 Å². The van der Waals surface area contributed by atoms with Crippen molar-refractivity contribution < 1.29 is 0 Å². The van der Waals surface area contributed by atoms with Crippen LogP contribution in [-0.2, 0) is 0 Å². The third-order valence-corrected chi connectivity index (χ3v) is 1.31. The van der Waals surface area contributed by atoms with E-state index in [2.05, 4.69) is 16.0 Å². The van der Waals surface area contributed by atoms with Crippen molar-refractivity contribution in [1.29, 1.82) is 10.5 Å². The van der Waals surface area contributed by atoms with E-state index in [1.54, 1.807) is 12.1 Å². The molecule has 0 spiro atoms. The summed E-state index contributed by atoms with van der Waals surface area (Å²) < 4.78 is 1.20. The van der Waals surface area contributed by atoms with Gasteiger partial charge in [0, 0.05) is 13.8 Å². The van der Waals surface area contributed by atoms with Crippen LogP contribution in [0.1, 0.15) is 13.8 Å². The van der Waals surface area contributed by atoms with Crippen LogP contribution in [0, 0.1) is 22.7 Å². The molecule has 68 valence electrons.